The van der Waals surface area contributed by atoms with Gasteiger partial charge in [-0.15, -0.1) is 5.10 Å². The Morgan fingerprint density at radius 1 is 1.23 bits per heavy atom. The fourth-order valence-corrected chi connectivity index (χ4v) is 1.97. The van der Waals surface area contributed by atoms with Gasteiger partial charge in [0.2, 0.25) is 0 Å². The van der Waals surface area contributed by atoms with Crippen LogP contribution < -0.4 is 0 Å². The smallest absolute Gasteiger partial charge is 0.0795 e. The molecule has 1 aliphatic carbocycles. The highest BCUT2D eigenvalue weighted by Gasteiger charge is 2.23. The zero-order valence-corrected chi connectivity index (χ0v) is 7.63. The summed E-state index contributed by atoms with van der Waals surface area (Å²) >= 11 is 0. The maximum atomic E-state index is 9.83. The van der Waals surface area contributed by atoms with Crippen LogP contribution in [0.2, 0.25) is 0 Å². The van der Waals surface area contributed by atoms with Crippen LogP contribution in [0.1, 0.15) is 38.1 Å². The average molecular weight is 181 g/mol. The Hall–Kier alpha value is -0.900. The molecule has 1 fully saturated rings. The van der Waals surface area contributed by atoms with Crippen LogP contribution in [0.15, 0.2) is 12.4 Å². The minimum atomic E-state index is -0.246. The van der Waals surface area contributed by atoms with Crippen LogP contribution in [0.25, 0.3) is 0 Å². The van der Waals surface area contributed by atoms with Crippen molar-refractivity contribution >= 4 is 0 Å². The minimum absolute atomic E-state index is 0.144. The lowest BCUT2D eigenvalue weighted by Crippen LogP contribution is -2.23. The van der Waals surface area contributed by atoms with Crippen molar-refractivity contribution in [3.63, 3.8) is 0 Å². The van der Waals surface area contributed by atoms with Crippen LogP contribution >= 0.6 is 0 Å². The fraction of sp³-hybridized carbons (Fsp3) is 0.778. The second-order valence-electron chi connectivity index (χ2n) is 3.66. The fourth-order valence-electron chi connectivity index (χ4n) is 1.97. The topological polar surface area (TPSA) is 50.9 Å². The molecular weight excluding hydrogens is 166 g/mol. The second kappa shape index (κ2) is 3.87. The summed E-state index contributed by atoms with van der Waals surface area (Å²) in [5, 5.41) is 17.5. The largest absolute Gasteiger partial charge is 0.391 e. The molecule has 0 aromatic carbocycles. The van der Waals surface area contributed by atoms with Gasteiger partial charge in [0.1, 0.15) is 0 Å². The van der Waals surface area contributed by atoms with Gasteiger partial charge < -0.3 is 5.11 Å². The van der Waals surface area contributed by atoms with Gasteiger partial charge in [-0.2, -0.15) is 0 Å². The van der Waals surface area contributed by atoms with E-state index in [-0.39, 0.29) is 12.1 Å². The van der Waals surface area contributed by atoms with E-state index in [0.717, 1.165) is 19.3 Å². The van der Waals surface area contributed by atoms with Crippen LogP contribution in [-0.2, 0) is 0 Å². The molecule has 1 aromatic rings. The standard InChI is InChI=1S/C9H15N3O/c13-9-5-3-1-2-4-8(9)12-7-6-10-11-12/h6-9,13H,1-5H2/t8-,9-/m1/s1. The van der Waals surface area contributed by atoms with E-state index in [1.807, 2.05) is 6.20 Å². The van der Waals surface area contributed by atoms with Crippen molar-refractivity contribution in [3.05, 3.63) is 12.4 Å². The summed E-state index contributed by atoms with van der Waals surface area (Å²) in [4.78, 5) is 0. The molecule has 2 atom stereocenters. The number of aliphatic hydroxyl groups excluding tert-OH is 1. The van der Waals surface area contributed by atoms with E-state index in [4.69, 9.17) is 0 Å². The van der Waals surface area contributed by atoms with Crippen molar-refractivity contribution in [2.45, 2.75) is 44.2 Å². The van der Waals surface area contributed by atoms with Gasteiger partial charge >= 0.3 is 0 Å². The normalized spacial score (nSPS) is 29.9. The van der Waals surface area contributed by atoms with Crippen molar-refractivity contribution in [2.75, 3.05) is 0 Å². The number of aromatic nitrogens is 3. The molecule has 1 aliphatic rings. The van der Waals surface area contributed by atoms with E-state index >= 15 is 0 Å². The van der Waals surface area contributed by atoms with E-state index in [2.05, 4.69) is 10.3 Å². The van der Waals surface area contributed by atoms with Crippen LogP contribution in [0.4, 0.5) is 0 Å². The van der Waals surface area contributed by atoms with Gasteiger partial charge in [-0.1, -0.05) is 24.5 Å². The van der Waals surface area contributed by atoms with Crippen molar-refractivity contribution in [1.82, 2.24) is 15.0 Å². The van der Waals surface area contributed by atoms with E-state index in [0.29, 0.717) is 0 Å². The molecule has 0 aliphatic heterocycles. The molecule has 0 amide bonds. The highest BCUT2D eigenvalue weighted by Crippen LogP contribution is 2.26. The van der Waals surface area contributed by atoms with Crippen LogP contribution in [-0.4, -0.2) is 26.2 Å². The molecule has 0 saturated heterocycles. The maximum Gasteiger partial charge on any atom is 0.0795 e. The zero-order chi connectivity index (χ0) is 9.10. The molecule has 72 valence electrons. The monoisotopic (exact) mass is 181 g/mol. The first-order chi connectivity index (χ1) is 6.38. The SMILES string of the molecule is O[C@@H]1CCCCC[C@H]1n1ccnn1. The first kappa shape index (κ1) is 8.69. The molecule has 1 heterocycles. The predicted molar refractivity (Wildman–Crippen MR) is 48.2 cm³/mol. The Morgan fingerprint density at radius 3 is 2.85 bits per heavy atom. The van der Waals surface area contributed by atoms with Crippen LogP contribution in [0.5, 0.6) is 0 Å². The molecular formula is C9H15N3O. The second-order valence-corrected chi connectivity index (χ2v) is 3.66. The lowest BCUT2D eigenvalue weighted by Gasteiger charge is -2.19. The molecule has 4 nitrogen and oxygen atoms in total. The molecule has 0 spiro atoms. The van der Waals surface area contributed by atoms with Crippen molar-refractivity contribution in [2.24, 2.45) is 0 Å². The Balaban J connectivity index is 2.11. The van der Waals surface area contributed by atoms with Gasteiger partial charge in [-0.05, 0) is 12.8 Å². The molecule has 0 radical (unpaired) electrons. The highest BCUT2D eigenvalue weighted by molar-refractivity contribution is 4.80. The summed E-state index contributed by atoms with van der Waals surface area (Å²) in [6.45, 7) is 0. The number of aliphatic hydroxyl groups is 1. The van der Waals surface area contributed by atoms with E-state index in [1.54, 1.807) is 10.9 Å². The lowest BCUT2D eigenvalue weighted by molar-refractivity contribution is 0.0980. The molecule has 13 heavy (non-hydrogen) atoms. The molecule has 1 saturated carbocycles. The summed E-state index contributed by atoms with van der Waals surface area (Å²) in [6, 6.07) is 0.144. The minimum Gasteiger partial charge on any atom is -0.391 e. The Labute approximate surface area is 77.6 Å². The summed E-state index contributed by atoms with van der Waals surface area (Å²) in [5.74, 6) is 0. The third-order valence-corrected chi connectivity index (χ3v) is 2.72. The summed E-state index contributed by atoms with van der Waals surface area (Å²) < 4.78 is 1.79. The van der Waals surface area contributed by atoms with Crippen molar-refractivity contribution < 1.29 is 5.11 Å². The van der Waals surface area contributed by atoms with E-state index in [9.17, 15) is 5.11 Å². The summed E-state index contributed by atoms with van der Waals surface area (Å²) in [7, 11) is 0. The van der Waals surface area contributed by atoms with Gasteiger partial charge in [0.05, 0.1) is 18.3 Å². The number of rotatable bonds is 1. The highest BCUT2D eigenvalue weighted by atomic mass is 16.3. The predicted octanol–water partition coefficient (Wildman–Crippen LogP) is 1.14. The van der Waals surface area contributed by atoms with Gasteiger partial charge in [0.25, 0.3) is 0 Å². The van der Waals surface area contributed by atoms with Crippen LogP contribution in [0, 0.1) is 0 Å². The molecule has 1 N–H and O–H groups in total. The Morgan fingerprint density at radius 2 is 2.08 bits per heavy atom. The number of hydrogen-bond donors (Lipinski definition) is 1. The maximum absolute atomic E-state index is 9.83. The number of nitrogens with zero attached hydrogens (tertiary/aromatic N) is 3. The molecule has 1 aromatic heterocycles. The quantitative estimate of drug-likeness (QED) is 0.661. The average Bonchev–Trinajstić information content (AvgIpc) is 2.56. The Bertz CT molecular complexity index is 247. The van der Waals surface area contributed by atoms with E-state index < -0.39 is 0 Å². The van der Waals surface area contributed by atoms with Gasteiger partial charge in [0, 0.05) is 6.20 Å². The molecule has 0 bridgehead atoms. The van der Waals surface area contributed by atoms with Gasteiger partial charge in [-0.25, -0.2) is 4.68 Å². The summed E-state index contributed by atoms with van der Waals surface area (Å²) in [6.07, 6.45) is 8.70. The number of hydrogen-bond acceptors (Lipinski definition) is 3. The lowest BCUT2D eigenvalue weighted by atomic mass is 10.1. The zero-order valence-electron chi connectivity index (χ0n) is 7.63. The molecule has 2 rings (SSSR count). The third-order valence-electron chi connectivity index (χ3n) is 2.72. The van der Waals surface area contributed by atoms with Gasteiger partial charge in [-0.3, -0.25) is 0 Å². The van der Waals surface area contributed by atoms with Gasteiger partial charge in [0.15, 0.2) is 0 Å². The first-order valence-corrected chi connectivity index (χ1v) is 4.92. The van der Waals surface area contributed by atoms with Crippen LogP contribution in [0.3, 0.4) is 0 Å². The first-order valence-electron chi connectivity index (χ1n) is 4.92. The van der Waals surface area contributed by atoms with E-state index in [1.165, 1.54) is 12.8 Å². The third kappa shape index (κ3) is 1.88. The van der Waals surface area contributed by atoms with Crippen molar-refractivity contribution in [3.8, 4) is 0 Å². The summed E-state index contributed by atoms with van der Waals surface area (Å²) in [5.41, 5.74) is 0. The molecule has 4 heteroatoms. The molecule has 0 unspecified atom stereocenters. The Kier molecular flexibility index (Phi) is 2.59. The van der Waals surface area contributed by atoms with Crippen molar-refractivity contribution in [1.29, 1.82) is 0 Å².